The van der Waals surface area contributed by atoms with Gasteiger partial charge in [-0.15, -0.1) is 0 Å². The van der Waals surface area contributed by atoms with Gasteiger partial charge in [-0.1, -0.05) is 23.2 Å². The molecule has 0 amide bonds. The Balaban J connectivity index is 1.92. The van der Waals surface area contributed by atoms with Gasteiger partial charge in [0.1, 0.15) is 11.5 Å². The maximum absolute atomic E-state index is 13.6. The van der Waals surface area contributed by atoms with E-state index in [9.17, 15) is 4.57 Å². The molecule has 29 heavy (non-hydrogen) atoms. The molecule has 0 unspecified atom stereocenters. The molecule has 1 N–H and O–H groups in total. The lowest BCUT2D eigenvalue weighted by Gasteiger charge is -2.21. The minimum Gasteiger partial charge on any atom is -0.493 e. The second-order valence-electron chi connectivity index (χ2n) is 5.77. The molecule has 9 heteroatoms. The number of rotatable bonds is 8. The van der Waals surface area contributed by atoms with E-state index in [0.29, 0.717) is 38.7 Å². The molecule has 152 valence electrons. The van der Waals surface area contributed by atoms with E-state index in [-0.39, 0.29) is 0 Å². The molecule has 0 aliphatic heterocycles. The smallest absolute Gasteiger partial charge is 0.493 e. The third-order valence-electron chi connectivity index (χ3n) is 3.73. The Morgan fingerprint density at radius 3 is 1.66 bits per heavy atom. The van der Waals surface area contributed by atoms with Gasteiger partial charge in [-0.3, -0.25) is 5.09 Å². The lowest BCUT2D eigenvalue weighted by Crippen LogP contribution is -2.10. The monoisotopic (exact) mass is 453 g/mol. The third kappa shape index (κ3) is 5.73. The standard InChI is InChI=1S/C20H18Cl2NO5P/c1-25-19-12-7-16(13-20(19)26-2)23-29(24,27-17-8-3-14(21)4-9-17)28-18-10-5-15(22)6-11-18/h3-13H,1-2H3,(H,23,24). The summed E-state index contributed by atoms with van der Waals surface area (Å²) >= 11 is 11.8. The molecule has 0 spiro atoms. The van der Waals surface area contributed by atoms with E-state index in [2.05, 4.69) is 5.09 Å². The molecular weight excluding hydrogens is 436 g/mol. The van der Waals surface area contributed by atoms with Crippen molar-refractivity contribution in [3.8, 4) is 23.0 Å². The van der Waals surface area contributed by atoms with Crippen LogP contribution in [0.3, 0.4) is 0 Å². The highest BCUT2D eigenvalue weighted by Gasteiger charge is 2.29. The van der Waals surface area contributed by atoms with Crippen molar-refractivity contribution in [1.29, 1.82) is 0 Å². The molecular formula is C20H18Cl2NO5P. The minimum atomic E-state index is -3.90. The molecule has 0 heterocycles. The summed E-state index contributed by atoms with van der Waals surface area (Å²) in [4.78, 5) is 0. The van der Waals surface area contributed by atoms with Crippen LogP contribution in [0.2, 0.25) is 10.0 Å². The van der Waals surface area contributed by atoms with E-state index in [4.69, 9.17) is 41.7 Å². The number of halogens is 2. The maximum Gasteiger partial charge on any atom is 0.541 e. The van der Waals surface area contributed by atoms with Crippen molar-refractivity contribution in [2.45, 2.75) is 0 Å². The fourth-order valence-corrected chi connectivity index (χ4v) is 4.03. The van der Waals surface area contributed by atoms with Gasteiger partial charge in [0.2, 0.25) is 0 Å². The van der Waals surface area contributed by atoms with Crippen LogP contribution in [-0.4, -0.2) is 14.2 Å². The van der Waals surface area contributed by atoms with E-state index in [0.717, 1.165) is 0 Å². The highest BCUT2D eigenvalue weighted by Crippen LogP contribution is 2.49. The second-order valence-corrected chi connectivity index (χ2v) is 8.23. The number of ether oxygens (including phenoxy) is 2. The fraction of sp³-hybridized carbons (Fsp3) is 0.100. The molecule has 3 aromatic rings. The van der Waals surface area contributed by atoms with Gasteiger partial charge >= 0.3 is 7.75 Å². The average Bonchev–Trinajstić information content (AvgIpc) is 2.71. The Morgan fingerprint density at radius 2 is 1.21 bits per heavy atom. The molecule has 3 aromatic carbocycles. The quantitative estimate of drug-likeness (QED) is 0.383. The van der Waals surface area contributed by atoms with E-state index < -0.39 is 7.75 Å². The largest absolute Gasteiger partial charge is 0.541 e. The Kier molecular flexibility index (Phi) is 6.80. The molecule has 0 saturated carbocycles. The number of nitrogens with one attached hydrogen (secondary N) is 1. The van der Waals surface area contributed by atoms with Crippen LogP contribution in [0.1, 0.15) is 0 Å². The SMILES string of the molecule is COc1ccc(NP(=O)(Oc2ccc(Cl)cc2)Oc2ccc(Cl)cc2)cc1OC. The van der Waals surface area contributed by atoms with Crippen molar-refractivity contribution in [3.63, 3.8) is 0 Å². The van der Waals surface area contributed by atoms with Crippen LogP contribution in [0.4, 0.5) is 5.69 Å². The third-order valence-corrected chi connectivity index (χ3v) is 5.67. The zero-order chi connectivity index (χ0) is 20.9. The van der Waals surface area contributed by atoms with Crippen LogP contribution < -0.4 is 23.6 Å². The fourth-order valence-electron chi connectivity index (χ4n) is 2.40. The lowest BCUT2D eigenvalue weighted by molar-refractivity contribution is 0.355. The number of hydrogen-bond donors (Lipinski definition) is 1. The molecule has 0 atom stereocenters. The molecule has 0 aliphatic rings. The number of methoxy groups -OCH3 is 2. The summed E-state index contributed by atoms with van der Waals surface area (Å²) in [5, 5.41) is 3.87. The molecule has 0 saturated heterocycles. The number of hydrogen-bond acceptors (Lipinski definition) is 5. The summed E-state index contributed by atoms with van der Waals surface area (Å²) in [5.41, 5.74) is 0.453. The molecule has 3 rings (SSSR count). The summed E-state index contributed by atoms with van der Waals surface area (Å²) < 4.78 is 35.4. The van der Waals surface area contributed by atoms with Crippen LogP contribution in [0, 0.1) is 0 Å². The normalized spacial score (nSPS) is 10.9. The molecule has 0 bridgehead atoms. The van der Waals surface area contributed by atoms with E-state index in [1.165, 1.54) is 14.2 Å². The Morgan fingerprint density at radius 1 is 0.724 bits per heavy atom. The van der Waals surface area contributed by atoms with Crippen LogP contribution in [0.15, 0.2) is 66.7 Å². The molecule has 0 fully saturated rings. The zero-order valence-electron chi connectivity index (χ0n) is 15.6. The second kappa shape index (κ2) is 9.31. The lowest BCUT2D eigenvalue weighted by atomic mass is 10.3. The average molecular weight is 454 g/mol. The maximum atomic E-state index is 13.6. The molecule has 0 aromatic heterocycles. The first-order valence-corrected chi connectivity index (χ1v) is 10.7. The Hall–Kier alpha value is -2.53. The van der Waals surface area contributed by atoms with E-state index in [1.807, 2.05) is 0 Å². The summed E-state index contributed by atoms with van der Waals surface area (Å²) in [7, 11) is -0.861. The van der Waals surface area contributed by atoms with Gasteiger partial charge in [-0.2, -0.15) is 0 Å². The first-order chi connectivity index (χ1) is 13.9. The van der Waals surface area contributed by atoms with Crippen LogP contribution in [0.25, 0.3) is 0 Å². The van der Waals surface area contributed by atoms with Gasteiger partial charge < -0.3 is 18.5 Å². The van der Waals surface area contributed by atoms with Gasteiger partial charge in [0.05, 0.1) is 14.2 Å². The minimum absolute atomic E-state index is 0.319. The van der Waals surface area contributed by atoms with Gasteiger partial charge in [0.15, 0.2) is 11.5 Å². The summed E-state index contributed by atoms with van der Waals surface area (Å²) in [5.74, 6) is 1.63. The predicted octanol–water partition coefficient (Wildman–Crippen LogP) is 6.69. The van der Waals surface area contributed by atoms with E-state index in [1.54, 1.807) is 66.7 Å². The number of anilines is 1. The molecule has 6 nitrogen and oxygen atoms in total. The van der Waals surface area contributed by atoms with Crippen molar-refractivity contribution in [2.24, 2.45) is 0 Å². The van der Waals surface area contributed by atoms with Crippen LogP contribution >= 0.6 is 30.9 Å². The van der Waals surface area contributed by atoms with Crippen molar-refractivity contribution in [1.82, 2.24) is 0 Å². The summed E-state index contributed by atoms with van der Waals surface area (Å²) in [6.45, 7) is 0. The van der Waals surface area contributed by atoms with Crippen molar-refractivity contribution in [2.75, 3.05) is 19.3 Å². The van der Waals surface area contributed by atoms with Crippen LogP contribution in [0.5, 0.6) is 23.0 Å². The summed E-state index contributed by atoms with van der Waals surface area (Å²) in [6, 6.07) is 17.8. The van der Waals surface area contributed by atoms with Crippen molar-refractivity contribution >= 4 is 36.6 Å². The Labute approximate surface area is 178 Å². The van der Waals surface area contributed by atoms with E-state index >= 15 is 0 Å². The highest BCUT2D eigenvalue weighted by atomic mass is 35.5. The predicted molar refractivity (Wildman–Crippen MR) is 115 cm³/mol. The first-order valence-electron chi connectivity index (χ1n) is 8.41. The van der Waals surface area contributed by atoms with Gasteiger partial charge in [-0.05, 0) is 60.7 Å². The van der Waals surface area contributed by atoms with Crippen molar-refractivity contribution < 1.29 is 23.1 Å². The molecule has 0 aliphatic carbocycles. The highest BCUT2D eigenvalue weighted by molar-refractivity contribution is 7.56. The number of benzene rings is 3. The van der Waals surface area contributed by atoms with Gasteiger partial charge in [0.25, 0.3) is 0 Å². The van der Waals surface area contributed by atoms with Crippen LogP contribution in [-0.2, 0) is 4.57 Å². The van der Waals surface area contributed by atoms with Crippen molar-refractivity contribution in [3.05, 3.63) is 76.8 Å². The summed E-state index contributed by atoms with van der Waals surface area (Å²) in [6.07, 6.45) is 0. The zero-order valence-corrected chi connectivity index (χ0v) is 18.0. The van der Waals surface area contributed by atoms with Gasteiger partial charge in [0, 0.05) is 21.8 Å². The van der Waals surface area contributed by atoms with Gasteiger partial charge in [-0.25, -0.2) is 4.57 Å². The Bertz CT molecular complexity index is 961. The first kappa shape index (κ1) is 21.2. The molecule has 0 radical (unpaired) electrons. The topological polar surface area (TPSA) is 66.0 Å².